The maximum Gasteiger partial charge on any atom is 0.264 e. The van der Waals surface area contributed by atoms with Crippen LogP contribution in [-0.4, -0.2) is 43.8 Å². The van der Waals surface area contributed by atoms with E-state index in [2.05, 4.69) is 5.32 Å². The van der Waals surface area contributed by atoms with E-state index in [1.54, 1.807) is 43.3 Å². The zero-order valence-electron chi connectivity index (χ0n) is 27.3. The van der Waals surface area contributed by atoms with Crippen molar-refractivity contribution >= 4 is 50.7 Å². The Hall–Kier alpha value is -3.85. The SMILES string of the molecule is CCC(C)NC(=O)C(Cc1ccccc1)N(Cc1c(Cl)cccc1Cl)C(=O)CN(c1cc(C)ccc1C)S(=O)(=O)c1ccc(C)cc1. The van der Waals surface area contributed by atoms with Gasteiger partial charge in [-0.1, -0.05) is 96.4 Å². The van der Waals surface area contributed by atoms with Crippen LogP contribution in [0.4, 0.5) is 5.69 Å². The highest BCUT2D eigenvalue weighted by Crippen LogP contribution is 2.31. The lowest BCUT2D eigenvalue weighted by atomic mass is 10.0. The number of nitrogens with zero attached hydrogens (tertiary/aromatic N) is 2. The van der Waals surface area contributed by atoms with Crippen molar-refractivity contribution in [3.63, 3.8) is 0 Å². The lowest BCUT2D eigenvalue weighted by molar-refractivity contribution is -0.140. The number of rotatable bonds is 13. The monoisotopic (exact) mass is 693 g/mol. The van der Waals surface area contributed by atoms with Gasteiger partial charge in [0, 0.05) is 34.6 Å². The lowest BCUT2D eigenvalue weighted by Crippen LogP contribution is -2.54. The molecule has 0 aliphatic heterocycles. The van der Waals surface area contributed by atoms with Gasteiger partial charge in [0.15, 0.2) is 0 Å². The molecule has 1 N–H and O–H groups in total. The highest BCUT2D eigenvalue weighted by molar-refractivity contribution is 7.92. The molecule has 248 valence electrons. The molecule has 0 saturated carbocycles. The Morgan fingerprint density at radius 2 is 1.45 bits per heavy atom. The third kappa shape index (κ3) is 8.95. The molecule has 4 aromatic carbocycles. The number of halogens is 2. The number of hydrogen-bond donors (Lipinski definition) is 1. The predicted octanol–water partition coefficient (Wildman–Crippen LogP) is 7.67. The summed E-state index contributed by atoms with van der Waals surface area (Å²) in [6.07, 6.45) is 0.869. The van der Waals surface area contributed by atoms with Crippen molar-refractivity contribution in [1.29, 1.82) is 0 Å². The number of amides is 2. The van der Waals surface area contributed by atoms with Gasteiger partial charge in [0.1, 0.15) is 12.6 Å². The number of nitrogens with one attached hydrogen (secondary N) is 1. The molecule has 0 aliphatic rings. The molecule has 4 rings (SSSR count). The summed E-state index contributed by atoms with van der Waals surface area (Å²) in [5, 5.41) is 3.69. The molecule has 0 heterocycles. The van der Waals surface area contributed by atoms with E-state index in [-0.39, 0.29) is 29.8 Å². The molecule has 0 fully saturated rings. The standard InChI is InChI=1S/C37H41Cl2N3O4S/c1-6-28(5)40-37(44)35(22-29-11-8-7-9-12-29)41(23-31-32(38)13-10-14-33(31)39)36(43)24-42(34-21-26(3)15-18-27(34)4)47(45,46)30-19-16-25(2)17-20-30/h7-21,28,35H,6,22-24H2,1-5H3,(H,40,44). The smallest absolute Gasteiger partial charge is 0.264 e. The maximum atomic E-state index is 14.7. The molecular formula is C37H41Cl2N3O4S. The van der Waals surface area contributed by atoms with Crippen molar-refractivity contribution in [2.45, 2.75) is 71.0 Å². The topological polar surface area (TPSA) is 86.8 Å². The largest absolute Gasteiger partial charge is 0.352 e. The molecule has 2 amide bonds. The molecular weight excluding hydrogens is 653 g/mol. The average Bonchev–Trinajstić information content (AvgIpc) is 3.04. The number of anilines is 1. The second-order valence-corrected chi connectivity index (χ2v) is 14.5. The summed E-state index contributed by atoms with van der Waals surface area (Å²) in [6, 6.07) is 25.2. The first-order valence-electron chi connectivity index (χ1n) is 15.5. The van der Waals surface area contributed by atoms with Gasteiger partial charge < -0.3 is 10.2 Å². The van der Waals surface area contributed by atoms with E-state index in [1.807, 2.05) is 70.2 Å². The molecule has 7 nitrogen and oxygen atoms in total. The number of carbonyl (C=O) groups is 2. The second-order valence-electron chi connectivity index (χ2n) is 11.9. The first-order valence-corrected chi connectivity index (χ1v) is 17.7. The summed E-state index contributed by atoms with van der Waals surface area (Å²) < 4.78 is 29.8. The van der Waals surface area contributed by atoms with Crippen molar-refractivity contribution in [3.05, 3.63) is 129 Å². The summed E-state index contributed by atoms with van der Waals surface area (Å²) in [5.41, 5.74) is 4.07. The normalized spacial score (nSPS) is 12.7. The van der Waals surface area contributed by atoms with Crippen LogP contribution in [0.2, 0.25) is 10.0 Å². The zero-order valence-corrected chi connectivity index (χ0v) is 29.7. The van der Waals surface area contributed by atoms with E-state index in [0.717, 1.165) is 21.0 Å². The van der Waals surface area contributed by atoms with Crippen LogP contribution < -0.4 is 9.62 Å². The Balaban J connectivity index is 1.87. The van der Waals surface area contributed by atoms with Crippen LogP contribution in [0.25, 0.3) is 0 Å². The van der Waals surface area contributed by atoms with Crippen LogP contribution in [0.1, 0.15) is 48.1 Å². The van der Waals surface area contributed by atoms with Crippen molar-refractivity contribution in [1.82, 2.24) is 10.2 Å². The van der Waals surface area contributed by atoms with E-state index in [0.29, 0.717) is 33.3 Å². The van der Waals surface area contributed by atoms with Crippen LogP contribution >= 0.6 is 23.2 Å². The summed E-state index contributed by atoms with van der Waals surface area (Å²) in [6.45, 7) is 8.71. The van der Waals surface area contributed by atoms with Crippen molar-refractivity contribution in [2.24, 2.45) is 0 Å². The highest BCUT2D eigenvalue weighted by Gasteiger charge is 2.36. The quantitative estimate of drug-likeness (QED) is 0.156. The minimum atomic E-state index is -4.22. The van der Waals surface area contributed by atoms with Gasteiger partial charge in [-0.05, 0) is 81.1 Å². The number of carbonyl (C=O) groups excluding carboxylic acids is 2. The molecule has 0 saturated heterocycles. The summed E-state index contributed by atoms with van der Waals surface area (Å²) in [5.74, 6) is -0.947. The summed E-state index contributed by atoms with van der Waals surface area (Å²) in [7, 11) is -4.22. The van der Waals surface area contributed by atoms with E-state index >= 15 is 0 Å². The molecule has 4 aromatic rings. The van der Waals surface area contributed by atoms with Crippen molar-refractivity contribution in [3.8, 4) is 0 Å². The minimum Gasteiger partial charge on any atom is -0.352 e. The molecule has 0 radical (unpaired) electrons. The molecule has 0 aliphatic carbocycles. The number of benzene rings is 4. The Bertz CT molecular complexity index is 1800. The Kier molecular flexibility index (Phi) is 12.1. The average molecular weight is 695 g/mol. The number of sulfonamides is 1. The third-order valence-electron chi connectivity index (χ3n) is 8.18. The Morgan fingerprint density at radius 1 is 0.830 bits per heavy atom. The molecule has 0 spiro atoms. The van der Waals surface area contributed by atoms with Gasteiger partial charge in [-0.15, -0.1) is 0 Å². The zero-order chi connectivity index (χ0) is 34.3. The Labute approximate surface area is 288 Å². The van der Waals surface area contributed by atoms with Crippen LogP contribution in [-0.2, 0) is 32.6 Å². The first-order chi connectivity index (χ1) is 22.3. The molecule has 2 unspecified atom stereocenters. The van der Waals surface area contributed by atoms with Crippen LogP contribution in [0.3, 0.4) is 0 Å². The lowest BCUT2D eigenvalue weighted by Gasteiger charge is -2.35. The predicted molar refractivity (Wildman–Crippen MR) is 190 cm³/mol. The van der Waals surface area contributed by atoms with Crippen LogP contribution in [0.15, 0.2) is 95.9 Å². The van der Waals surface area contributed by atoms with E-state index < -0.39 is 28.5 Å². The second kappa shape index (κ2) is 15.8. The fourth-order valence-corrected chi connectivity index (χ4v) is 7.18. The molecule has 2 atom stereocenters. The number of aryl methyl sites for hydroxylation is 3. The van der Waals surface area contributed by atoms with E-state index in [4.69, 9.17) is 23.2 Å². The first kappa shape index (κ1) is 36.0. The molecule has 0 aromatic heterocycles. The van der Waals surface area contributed by atoms with Gasteiger partial charge in [-0.3, -0.25) is 13.9 Å². The maximum absolute atomic E-state index is 14.7. The molecule has 10 heteroatoms. The Morgan fingerprint density at radius 3 is 2.06 bits per heavy atom. The van der Waals surface area contributed by atoms with Crippen molar-refractivity contribution < 1.29 is 18.0 Å². The number of hydrogen-bond acceptors (Lipinski definition) is 4. The summed E-state index contributed by atoms with van der Waals surface area (Å²) in [4.78, 5) is 30.2. The fourth-order valence-electron chi connectivity index (χ4n) is 5.19. The fraction of sp³-hybridized carbons (Fsp3) is 0.297. The van der Waals surface area contributed by atoms with E-state index in [1.165, 1.54) is 17.0 Å². The van der Waals surface area contributed by atoms with Gasteiger partial charge >= 0.3 is 0 Å². The van der Waals surface area contributed by atoms with E-state index in [9.17, 15) is 18.0 Å². The molecule has 47 heavy (non-hydrogen) atoms. The van der Waals surface area contributed by atoms with Gasteiger partial charge in [-0.2, -0.15) is 0 Å². The van der Waals surface area contributed by atoms with Crippen LogP contribution in [0.5, 0.6) is 0 Å². The van der Waals surface area contributed by atoms with Gasteiger partial charge in [-0.25, -0.2) is 8.42 Å². The third-order valence-corrected chi connectivity index (χ3v) is 10.7. The van der Waals surface area contributed by atoms with Gasteiger partial charge in [0.05, 0.1) is 10.6 Å². The molecule has 0 bridgehead atoms. The van der Waals surface area contributed by atoms with Gasteiger partial charge in [0.25, 0.3) is 10.0 Å². The van der Waals surface area contributed by atoms with Crippen molar-refractivity contribution in [2.75, 3.05) is 10.8 Å². The highest BCUT2D eigenvalue weighted by atomic mass is 35.5. The minimum absolute atomic E-state index is 0.0489. The van der Waals surface area contributed by atoms with Crippen LogP contribution in [0, 0.1) is 20.8 Å². The van der Waals surface area contributed by atoms with Gasteiger partial charge in [0.2, 0.25) is 11.8 Å². The summed E-state index contributed by atoms with van der Waals surface area (Å²) >= 11 is 13.2.